The number of carbonyl (C=O) groups excluding carboxylic acids is 1. The number of amidine groups is 1. The molecule has 3 rings (SSSR count). The first kappa shape index (κ1) is 18.3. The van der Waals surface area contributed by atoms with Crippen LogP contribution in [0, 0.1) is 12.7 Å². The van der Waals surface area contributed by atoms with Gasteiger partial charge in [0, 0.05) is 24.6 Å². The molecule has 0 amide bonds. The number of hydrogen-bond donors (Lipinski definition) is 1. The number of rotatable bonds is 4. The van der Waals surface area contributed by atoms with Gasteiger partial charge < -0.3 is 5.73 Å². The second-order valence-corrected chi connectivity index (χ2v) is 7.70. The van der Waals surface area contributed by atoms with E-state index in [0.29, 0.717) is 22.7 Å². The van der Waals surface area contributed by atoms with E-state index in [9.17, 15) is 9.18 Å². The molecule has 0 saturated heterocycles. The largest absolute Gasteiger partial charge is 0.378 e. The van der Waals surface area contributed by atoms with E-state index in [1.807, 2.05) is 6.92 Å². The lowest BCUT2D eigenvalue weighted by Gasteiger charge is -2.31. The Morgan fingerprint density at radius 2 is 2.15 bits per heavy atom. The smallest absolute Gasteiger partial charge is 0.187 e. The van der Waals surface area contributed by atoms with E-state index >= 15 is 0 Å². The van der Waals surface area contributed by atoms with Crippen LogP contribution in [0.2, 0.25) is 0 Å². The van der Waals surface area contributed by atoms with Gasteiger partial charge >= 0.3 is 0 Å². The molecular weight excluding hydrogens is 351 g/mol. The van der Waals surface area contributed by atoms with Crippen molar-refractivity contribution in [3.63, 3.8) is 0 Å². The maximum Gasteiger partial charge on any atom is 0.187 e. The van der Waals surface area contributed by atoms with E-state index in [0.717, 1.165) is 10.6 Å². The van der Waals surface area contributed by atoms with Crippen LogP contribution in [0.25, 0.3) is 0 Å². The molecule has 0 saturated carbocycles. The average molecular weight is 370 g/mol. The van der Waals surface area contributed by atoms with Crippen molar-refractivity contribution in [2.75, 3.05) is 0 Å². The highest BCUT2D eigenvalue weighted by atomic mass is 32.2. The Balaban J connectivity index is 1.90. The number of halogens is 1. The van der Waals surface area contributed by atoms with Crippen LogP contribution in [0.15, 0.2) is 47.1 Å². The number of thioether (sulfide) groups is 1. The van der Waals surface area contributed by atoms with Gasteiger partial charge in [-0.15, -0.1) is 0 Å². The van der Waals surface area contributed by atoms with Crippen molar-refractivity contribution in [1.29, 1.82) is 0 Å². The van der Waals surface area contributed by atoms with Crippen LogP contribution in [0.4, 0.5) is 4.39 Å². The summed E-state index contributed by atoms with van der Waals surface area (Å²) in [5.74, 6) is -0.554. The van der Waals surface area contributed by atoms with Crippen LogP contribution in [-0.4, -0.2) is 20.9 Å². The number of aryl methyl sites for hydroxylation is 1. The molecule has 1 atom stereocenters. The average Bonchev–Trinajstić information content (AvgIpc) is 2.55. The molecular formula is C19H19FN4OS. The second-order valence-electron chi connectivity index (χ2n) is 6.50. The first-order valence-corrected chi connectivity index (χ1v) is 8.90. The van der Waals surface area contributed by atoms with Crippen molar-refractivity contribution in [2.24, 2.45) is 10.7 Å². The molecule has 5 nitrogen and oxygen atoms in total. The molecule has 0 unspecified atom stereocenters. The molecule has 1 aromatic carbocycles. The van der Waals surface area contributed by atoms with Gasteiger partial charge in [0.05, 0.1) is 17.4 Å². The molecule has 0 bridgehead atoms. The third kappa shape index (κ3) is 3.83. The summed E-state index contributed by atoms with van der Waals surface area (Å²) >= 11 is 1.30. The Kier molecular flexibility index (Phi) is 4.91. The fourth-order valence-corrected chi connectivity index (χ4v) is 3.83. The Morgan fingerprint density at radius 3 is 2.81 bits per heavy atom. The highest BCUT2D eigenvalue weighted by Crippen LogP contribution is 2.41. The summed E-state index contributed by atoms with van der Waals surface area (Å²) < 4.78 is 14.5. The Hall–Kier alpha value is -2.54. The van der Waals surface area contributed by atoms with Crippen molar-refractivity contribution >= 4 is 22.7 Å². The van der Waals surface area contributed by atoms with Crippen LogP contribution >= 0.6 is 11.8 Å². The predicted octanol–water partition coefficient (Wildman–Crippen LogP) is 3.53. The fraction of sp³-hybridized carbons (Fsp3) is 0.263. The molecule has 0 radical (unpaired) electrons. The molecule has 26 heavy (non-hydrogen) atoms. The Bertz CT molecular complexity index is 910. The summed E-state index contributed by atoms with van der Waals surface area (Å²) in [5, 5.41) is 0.361. The van der Waals surface area contributed by atoms with Gasteiger partial charge in [-0.1, -0.05) is 24.4 Å². The quantitative estimate of drug-likeness (QED) is 0.833. The maximum absolute atomic E-state index is 14.5. The number of carbonyl (C=O) groups is 1. The van der Waals surface area contributed by atoms with E-state index < -0.39 is 5.54 Å². The van der Waals surface area contributed by atoms with Crippen LogP contribution in [0.3, 0.4) is 0 Å². The van der Waals surface area contributed by atoms with Gasteiger partial charge in [0.15, 0.2) is 11.0 Å². The topological polar surface area (TPSA) is 81.2 Å². The highest BCUT2D eigenvalue weighted by molar-refractivity contribution is 8.17. The van der Waals surface area contributed by atoms with Gasteiger partial charge in [0.1, 0.15) is 11.5 Å². The van der Waals surface area contributed by atoms with Crippen LogP contribution in [-0.2, 0) is 12.0 Å². The van der Waals surface area contributed by atoms with Crippen molar-refractivity contribution < 1.29 is 9.18 Å². The third-order valence-electron chi connectivity index (χ3n) is 4.19. The SMILES string of the molecule is C=C1C[C@@](C)(c2cc(CC(=O)c3cnc(C)cn3)ccc2F)N=C(N)S1. The lowest BCUT2D eigenvalue weighted by molar-refractivity contribution is 0.0987. The van der Waals surface area contributed by atoms with E-state index in [2.05, 4.69) is 21.5 Å². The van der Waals surface area contributed by atoms with E-state index in [4.69, 9.17) is 5.73 Å². The molecule has 2 N–H and O–H groups in total. The third-order valence-corrected chi connectivity index (χ3v) is 4.92. The second kappa shape index (κ2) is 6.99. The first-order chi connectivity index (χ1) is 12.3. The van der Waals surface area contributed by atoms with E-state index in [1.165, 1.54) is 24.0 Å². The number of aliphatic imine (C=N–C) groups is 1. The van der Waals surface area contributed by atoms with Crippen molar-refractivity contribution in [3.8, 4) is 0 Å². The molecule has 134 valence electrons. The summed E-state index contributed by atoms with van der Waals surface area (Å²) in [6.45, 7) is 7.57. The fourth-order valence-electron chi connectivity index (χ4n) is 2.94. The molecule has 0 fully saturated rings. The number of Topliss-reactive ketones (excluding diaryl/α,β-unsaturated/α-hetero) is 1. The van der Waals surface area contributed by atoms with Crippen LogP contribution in [0.1, 0.15) is 40.7 Å². The zero-order chi connectivity index (χ0) is 18.9. The number of nitrogens with zero attached hydrogens (tertiary/aromatic N) is 3. The van der Waals surface area contributed by atoms with Gasteiger partial charge in [-0.2, -0.15) is 0 Å². The standard InChI is InChI=1S/C19H19FN4OS/c1-11-9-23-16(10-22-11)17(25)7-13-4-5-15(20)14(6-13)19(3)8-12(2)26-18(21)24-19/h4-6,9-10H,2,7-8H2,1,3H3,(H2,21,24)/t19-/m0/s1. The highest BCUT2D eigenvalue weighted by Gasteiger charge is 2.34. The van der Waals surface area contributed by atoms with Gasteiger partial charge in [-0.3, -0.25) is 14.8 Å². The molecule has 1 aromatic heterocycles. The van der Waals surface area contributed by atoms with Crippen molar-refractivity contribution in [2.45, 2.75) is 32.2 Å². The Morgan fingerprint density at radius 1 is 1.38 bits per heavy atom. The minimum absolute atomic E-state index is 0.107. The van der Waals surface area contributed by atoms with E-state index in [-0.39, 0.29) is 23.7 Å². The van der Waals surface area contributed by atoms with Crippen molar-refractivity contribution in [1.82, 2.24) is 9.97 Å². The normalized spacial score (nSPS) is 20.0. The monoisotopic (exact) mass is 370 g/mol. The molecule has 0 aliphatic carbocycles. The summed E-state index contributed by atoms with van der Waals surface area (Å²) in [6, 6.07) is 4.64. The van der Waals surface area contributed by atoms with Crippen LogP contribution < -0.4 is 5.73 Å². The molecule has 2 aromatic rings. The van der Waals surface area contributed by atoms with Gasteiger partial charge in [0.25, 0.3) is 0 Å². The predicted molar refractivity (Wildman–Crippen MR) is 102 cm³/mol. The summed E-state index contributed by atoms with van der Waals surface area (Å²) in [5.41, 5.74) is 7.14. The summed E-state index contributed by atoms with van der Waals surface area (Å²) in [4.78, 5) is 25.9. The van der Waals surface area contributed by atoms with Gasteiger partial charge in [-0.25, -0.2) is 9.37 Å². The number of ketones is 1. The summed E-state index contributed by atoms with van der Waals surface area (Å²) in [7, 11) is 0. The molecule has 7 heteroatoms. The molecule has 0 spiro atoms. The maximum atomic E-state index is 14.5. The summed E-state index contributed by atoms with van der Waals surface area (Å²) in [6.07, 6.45) is 3.59. The molecule has 2 heterocycles. The number of nitrogens with two attached hydrogens (primary N) is 1. The van der Waals surface area contributed by atoms with Crippen molar-refractivity contribution in [3.05, 3.63) is 70.4 Å². The van der Waals surface area contributed by atoms with Crippen LogP contribution in [0.5, 0.6) is 0 Å². The number of hydrogen-bond acceptors (Lipinski definition) is 6. The zero-order valence-electron chi connectivity index (χ0n) is 14.6. The number of aromatic nitrogens is 2. The minimum atomic E-state index is -0.834. The molecule has 1 aliphatic rings. The Labute approximate surface area is 155 Å². The van der Waals surface area contributed by atoms with E-state index in [1.54, 1.807) is 25.3 Å². The molecule has 1 aliphatic heterocycles. The number of benzene rings is 1. The lowest BCUT2D eigenvalue weighted by Crippen LogP contribution is -2.29. The van der Waals surface area contributed by atoms with Gasteiger partial charge in [-0.05, 0) is 36.4 Å². The minimum Gasteiger partial charge on any atom is -0.378 e. The first-order valence-electron chi connectivity index (χ1n) is 8.08. The zero-order valence-corrected chi connectivity index (χ0v) is 15.4. The van der Waals surface area contributed by atoms with Gasteiger partial charge in [0.2, 0.25) is 0 Å². The lowest BCUT2D eigenvalue weighted by atomic mass is 9.87.